The lowest BCUT2D eigenvalue weighted by Gasteiger charge is -2.06. The van der Waals surface area contributed by atoms with E-state index in [0.717, 1.165) is 0 Å². The van der Waals surface area contributed by atoms with Crippen LogP contribution in [0.25, 0.3) is 0 Å². The second kappa shape index (κ2) is 5.21. The molecule has 6 heteroatoms. The molecule has 98 valence electrons. The Kier molecular flexibility index (Phi) is 3.64. The maximum Gasteiger partial charge on any atom is 0.255 e. The quantitative estimate of drug-likeness (QED) is 0.892. The van der Waals surface area contributed by atoms with Gasteiger partial charge in [0.05, 0.1) is 4.90 Å². The highest BCUT2D eigenvalue weighted by atomic mass is 32.2. The highest BCUT2D eigenvalue weighted by molar-refractivity contribution is 7.89. The number of hydrogen-bond donors (Lipinski definition) is 2. The van der Waals surface area contributed by atoms with Crippen LogP contribution in [0.15, 0.2) is 59.5 Å². The average Bonchev–Trinajstić information content (AvgIpc) is 2.39. The van der Waals surface area contributed by atoms with Gasteiger partial charge in [0.2, 0.25) is 10.0 Å². The summed E-state index contributed by atoms with van der Waals surface area (Å²) in [5.41, 5.74) is 0.865. The van der Waals surface area contributed by atoms with Crippen molar-refractivity contribution in [2.75, 3.05) is 5.32 Å². The van der Waals surface area contributed by atoms with Crippen molar-refractivity contribution in [3.05, 3.63) is 60.2 Å². The molecule has 0 atom stereocenters. The summed E-state index contributed by atoms with van der Waals surface area (Å²) in [6.07, 6.45) is 0. The lowest BCUT2D eigenvalue weighted by Crippen LogP contribution is -2.14. The molecular formula is C13H12N2O3S. The number of sulfonamides is 1. The van der Waals surface area contributed by atoms with E-state index in [1.165, 1.54) is 18.2 Å². The molecule has 0 spiro atoms. The molecule has 2 aromatic carbocycles. The van der Waals surface area contributed by atoms with Gasteiger partial charge in [0, 0.05) is 11.3 Å². The fourth-order valence-electron chi connectivity index (χ4n) is 1.54. The van der Waals surface area contributed by atoms with E-state index in [-0.39, 0.29) is 10.8 Å². The molecule has 0 unspecified atom stereocenters. The predicted octanol–water partition coefficient (Wildman–Crippen LogP) is 1.59. The molecule has 0 fully saturated rings. The molecule has 5 nitrogen and oxygen atoms in total. The van der Waals surface area contributed by atoms with E-state index in [1.54, 1.807) is 36.4 Å². The van der Waals surface area contributed by atoms with E-state index in [4.69, 9.17) is 5.14 Å². The molecule has 0 saturated carbocycles. The normalized spacial score (nSPS) is 11.0. The Morgan fingerprint density at radius 1 is 1.00 bits per heavy atom. The summed E-state index contributed by atoms with van der Waals surface area (Å²) >= 11 is 0. The summed E-state index contributed by atoms with van der Waals surface area (Å²) in [6.45, 7) is 0. The predicted molar refractivity (Wildman–Crippen MR) is 72.2 cm³/mol. The van der Waals surface area contributed by atoms with Crippen LogP contribution < -0.4 is 10.5 Å². The first-order chi connectivity index (χ1) is 8.97. The SMILES string of the molecule is NS(=O)(=O)c1cccc(NC(=O)c2ccccc2)c1. The minimum Gasteiger partial charge on any atom is -0.322 e. The number of carbonyl (C=O) groups is 1. The fraction of sp³-hybridized carbons (Fsp3) is 0. The molecule has 0 aliphatic carbocycles. The second-order valence-corrected chi connectivity index (χ2v) is 5.45. The second-order valence-electron chi connectivity index (χ2n) is 3.89. The fourth-order valence-corrected chi connectivity index (χ4v) is 2.10. The van der Waals surface area contributed by atoms with Gasteiger partial charge in [-0.1, -0.05) is 24.3 Å². The molecular weight excluding hydrogens is 264 g/mol. The molecule has 0 aliphatic heterocycles. The van der Waals surface area contributed by atoms with Crippen molar-refractivity contribution in [1.82, 2.24) is 0 Å². The zero-order chi connectivity index (χ0) is 13.9. The third-order valence-corrected chi connectivity index (χ3v) is 3.37. The molecule has 0 radical (unpaired) electrons. The van der Waals surface area contributed by atoms with Gasteiger partial charge in [0.25, 0.3) is 5.91 Å². The van der Waals surface area contributed by atoms with Gasteiger partial charge in [-0.2, -0.15) is 0 Å². The van der Waals surface area contributed by atoms with Gasteiger partial charge < -0.3 is 5.32 Å². The smallest absolute Gasteiger partial charge is 0.255 e. The number of amides is 1. The third kappa shape index (κ3) is 3.40. The van der Waals surface area contributed by atoms with Crippen LogP contribution in [-0.2, 0) is 10.0 Å². The first-order valence-electron chi connectivity index (χ1n) is 5.46. The van der Waals surface area contributed by atoms with Crippen LogP contribution in [-0.4, -0.2) is 14.3 Å². The highest BCUT2D eigenvalue weighted by Crippen LogP contribution is 2.15. The standard InChI is InChI=1S/C13H12N2O3S/c14-19(17,18)12-8-4-7-11(9-12)15-13(16)10-5-2-1-3-6-10/h1-9H,(H,15,16)(H2,14,17,18). The maximum absolute atomic E-state index is 11.9. The van der Waals surface area contributed by atoms with E-state index in [0.29, 0.717) is 11.3 Å². The van der Waals surface area contributed by atoms with Gasteiger partial charge in [0.15, 0.2) is 0 Å². The monoisotopic (exact) mass is 276 g/mol. The van der Waals surface area contributed by atoms with E-state index < -0.39 is 10.0 Å². The lowest BCUT2D eigenvalue weighted by molar-refractivity contribution is 0.102. The van der Waals surface area contributed by atoms with Gasteiger partial charge in [-0.3, -0.25) is 4.79 Å². The number of nitrogens with two attached hydrogens (primary N) is 1. The number of hydrogen-bond acceptors (Lipinski definition) is 3. The van der Waals surface area contributed by atoms with Crippen LogP contribution in [0.4, 0.5) is 5.69 Å². The van der Waals surface area contributed by atoms with E-state index in [9.17, 15) is 13.2 Å². The van der Waals surface area contributed by atoms with Gasteiger partial charge in [-0.15, -0.1) is 0 Å². The molecule has 2 rings (SSSR count). The molecule has 0 heterocycles. The van der Waals surface area contributed by atoms with Crippen molar-refractivity contribution < 1.29 is 13.2 Å². The molecule has 3 N–H and O–H groups in total. The lowest BCUT2D eigenvalue weighted by atomic mass is 10.2. The number of carbonyl (C=O) groups excluding carboxylic acids is 1. The van der Waals surface area contributed by atoms with Crippen molar-refractivity contribution in [3.8, 4) is 0 Å². The molecule has 2 aromatic rings. The summed E-state index contributed by atoms with van der Waals surface area (Å²) in [6, 6.07) is 14.4. The Morgan fingerprint density at radius 3 is 2.32 bits per heavy atom. The van der Waals surface area contributed by atoms with Crippen LogP contribution in [0.3, 0.4) is 0 Å². The number of primary sulfonamides is 1. The van der Waals surface area contributed by atoms with Crippen LogP contribution in [0.5, 0.6) is 0 Å². The Hall–Kier alpha value is -2.18. The van der Waals surface area contributed by atoms with Crippen LogP contribution in [0, 0.1) is 0 Å². The average molecular weight is 276 g/mol. The van der Waals surface area contributed by atoms with Crippen molar-refractivity contribution in [2.45, 2.75) is 4.90 Å². The topological polar surface area (TPSA) is 89.3 Å². The van der Waals surface area contributed by atoms with E-state index >= 15 is 0 Å². The highest BCUT2D eigenvalue weighted by Gasteiger charge is 2.10. The molecule has 0 saturated heterocycles. The van der Waals surface area contributed by atoms with Crippen LogP contribution in [0.2, 0.25) is 0 Å². The Balaban J connectivity index is 2.23. The van der Waals surface area contributed by atoms with Crippen molar-refractivity contribution in [1.29, 1.82) is 0 Å². The molecule has 0 bridgehead atoms. The van der Waals surface area contributed by atoms with Crippen molar-refractivity contribution in [3.63, 3.8) is 0 Å². The van der Waals surface area contributed by atoms with Gasteiger partial charge in [-0.25, -0.2) is 13.6 Å². The summed E-state index contributed by atoms with van der Waals surface area (Å²) in [4.78, 5) is 11.8. The number of rotatable bonds is 3. The Labute approximate surface area is 111 Å². The summed E-state index contributed by atoms with van der Waals surface area (Å²) in [7, 11) is -3.78. The maximum atomic E-state index is 11.9. The number of anilines is 1. The molecule has 0 aliphatic rings. The zero-order valence-corrected chi connectivity index (χ0v) is 10.7. The van der Waals surface area contributed by atoms with Gasteiger partial charge >= 0.3 is 0 Å². The molecule has 1 amide bonds. The first-order valence-corrected chi connectivity index (χ1v) is 7.01. The van der Waals surface area contributed by atoms with Gasteiger partial charge in [-0.05, 0) is 30.3 Å². The third-order valence-electron chi connectivity index (χ3n) is 2.46. The minimum absolute atomic E-state index is 0.0432. The van der Waals surface area contributed by atoms with Gasteiger partial charge in [0.1, 0.15) is 0 Å². The largest absolute Gasteiger partial charge is 0.322 e. The van der Waals surface area contributed by atoms with Crippen LogP contribution in [0.1, 0.15) is 10.4 Å². The van der Waals surface area contributed by atoms with Crippen LogP contribution >= 0.6 is 0 Å². The van der Waals surface area contributed by atoms with Crippen molar-refractivity contribution in [2.24, 2.45) is 5.14 Å². The Morgan fingerprint density at radius 2 is 1.68 bits per heavy atom. The summed E-state index contributed by atoms with van der Waals surface area (Å²) in [5, 5.41) is 7.64. The van der Waals surface area contributed by atoms with E-state index in [1.807, 2.05) is 0 Å². The van der Waals surface area contributed by atoms with E-state index in [2.05, 4.69) is 5.32 Å². The van der Waals surface area contributed by atoms with Crippen molar-refractivity contribution >= 4 is 21.6 Å². The summed E-state index contributed by atoms with van der Waals surface area (Å²) in [5.74, 6) is -0.313. The molecule has 0 aromatic heterocycles. The zero-order valence-electron chi connectivity index (χ0n) is 9.91. The summed E-state index contributed by atoms with van der Waals surface area (Å²) < 4.78 is 22.4. The first kappa shape index (κ1) is 13.3. The molecule has 19 heavy (non-hydrogen) atoms. The number of nitrogens with one attached hydrogen (secondary N) is 1. The number of benzene rings is 2. The Bertz CT molecular complexity index is 697. The minimum atomic E-state index is -3.78.